The number of nitrogens with zero attached hydrogens (tertiary/aromatic N) is 1. The van der Waals surface area contributed by atoms with Gasteiger partial charge in [0.1, 0.15) is 0 Å². The summed E-state index contributed by atoms with van der Waals surface area (Å²) in [5.41, 5.74) is 5.76. The van der Waals surface area contributed by atoms with E-state index < -0.39 is 10.7 Å². The summed E-state index contributed by atoms with van der Waals surface area (Å²) in [7, 11) is 0. The predicted octanol–water partition coefficient (Wildman–Crippen LogP) is 3.75. The molecule has 104 valence electrons. The van der Waals surface area contributed by atoms with Gasteiger partial charge in [0, 0.05) is 17.1 Å². The summed E-state index contributed by atoms with van der Waals surface area (Å²) in [6, 6.07) is 8.50. The van der Waals surface area contributed by atoms with Gasteiger partial charge in [-0.2, -0.15) is 0 Å². The average Bonchev–Trinajstić information content (AvgIpc) is 2.42. The zero-order chi connectivity index (χ0) is 14.7. The van der Waals surface area contributed by atoms with Gasteiger partial charge in [-0.25, -0.2) is 4.39 Å². The lowest BCUT2D eigenvalue weighted by Crippen LogP contribution is -1.98. The number of nitrogens with two attached hydrogens (primary N) is 1. The Bertz CT molecular complexity index is 664. The summed E-state index contributed by atoms with van der Waals surface area (Å²) < 4.78 is 19.6. The van der Waals surface area contributed by atoms with Crippen molar-refractivity contribution >= 4 is 21.6 Å². The van der Waals surface area contributed by atoms with E-state index >= 15 is 0 Å². The van der Waals surface area contributed by atoms with Gasteiger partial charge in [0.15, 0.2) is 11.6 Å². The first-order chi connectivity index (χ1) is 9.51. The first kappa shape index (κ1) is 14.4. The maximum Gasteiger partial charge on any atom is 0.312 e. The molecule has 2 aromatic carbocycles. The molecule has 0 spiro atoms. The average molecular weight is 341 g/mol. The van der Waals surface area contributed by atoms with Crippen LogP contribution in [0, 0.1) is 15.9 Å². The van der Waals surface area contributed by atoms with Crippen molar-refractivity contribution in [1.82, 2.24) is 0 Å². The minimum Gasteiger partial charge on any atom is -0.447 e. The zero-order valence-electron chi connectivity index (χ0n) is 10.2. The number of halogens is 2. The molecule has 2 rings (SSSR count). The van der Waals surface area contributed by atoms with Gasteiger partial charge in [0.25, 0.3) is 0 Å². The van der Waals surface area contributed by atoms with Crippen LogP contribution < -0.4 is 10.5 Å². The van der Waals surface area contributed by atoms with E-state index in [4.69, 9.17) is 10.5 Å². The second-order valence-electron chi connectivity index (χ2n) is 3.94. The Morgan fingerprint density at radius 2 is 1.95 bits per heavy atom. The lowest BCUT2D eigenvalue weighted by Gasteiger charge is -2.08. The Kier molecular flexibility index (Phi) is 4.31. The molecule has 0 atom stereocenters. The normalized spacial score (nSPS) is 10.3. The number of hydrogen-bond acceptors (Lipinski definition) is 4. The summed E-state index contributed by atoms with van der Waals surface area (Å²) in [6.07, 6.45) is 0. The highest BCUT2D eigenvalue weighted by atomic mass is 79.9. The minimum absolute atomic E-state index is 0.0300. The molecule has 0 heterocycles. The van der Waals surface area contributed by atoms with Crippen LogP contribution >= 0.6 is 15.9 Å². The van der Waals surface area contributed by atoms with Gasteiger partial charge in [0.05, 0.1) is 4.92 Å². The van der Waals surface area contributed by atoms with Crippen molar-refractivity contribution in [3.05, 3.63) is 62.4 Å². The SMILES string of the molecule is NCc1ccc(Oc2ccc(Br)cc2[N+](=O)[O-])c(F)c1. The lowest BCUT2D eigenvalue weighted by molar-refractivity contribution is -0.385. The van der Waals surface area contributed by atoms with Crippen LogP contribution in [0.1, 0.15) is 5.56 Å². The minimum atomic E-state index is -0.620. The Balaban J connectivity index is 2.37. The molecule has 2 aromatic rings. The molecule has 0 unspecified atom stereocenters. The van der Waals surface area contributed by atoms with Crippen molar-refractivity contribution in [2.45, 2.75) is 6.54 Å². The summed E-state index contributed by atoms with van der Waals surface area (Å²) in [5, 5.41) is 10.9. The van der Waals surface area contributed by atoms with Crippen molar-refractivity contribution in [2.24, 2.45) is 5.73 Å². The Hall–Kier alpha value is -1.99. The third-order valence-electron chi connectivity index (χ3n) is 2.57. The Morgan fingerprint density at radius 1 is 1.25 bits per heavy atom. The molecule has 2 N–H and O–H groups in total. The van der Waals surface area contributed by atoms with Gasteiger partial charge in [-0.15, -0.1) is 0 Å². The van der Waals surface area contributed by atoms with E-state index in [2.05, 4.69) is 15.9 Å². The first-order valence-electron chi connectivity index (χ1n) is 5.61. The molecule has 0 fully saturated rings. The van der Waals surface area contributed by atoms with E-state index in [1.54, 1.807) is 12.1 Å². The Morgan fingerprint density at radius 3 is 2.55 bits per heavy atom. The summed E-state index contributed by atoms with van der Waals surface area (Å²) >= 11 is 3.14. The van der Waals surface area contributed by atoms with Crippen molar-refractivity contribution in [2.75, 3.05) is 0 Å². The number of hydrogen-bond donors (Lipinski definition) is 1. The number of nitro groups is 1. The van der Waals surface area contributed by atoms with E-state index in [1.807, 2.05) is 0 Å². The topological polar surface area (TPSA) is 78.4 Å². The molecule has 0 amide bonds. The van der Waals surface area contributed by atoms with Crippen LogP contribution in [0.3, 0.4) is 0 Å². The molecule has 0 radical (unpaired) electrons. The van der Waals surface area contributed by atoms with E-state index in [9.17, 15) is 14.5 Å². The second kappa shape index (κ2) is 5.98. The molecule has 5 nitrogen and oxygen atoms in total. The summed E-state index contributed by atoms with van der Waals surface area (Å²) in [6.45, 7) is 0.204. The predicted molar refractivity (Wildman–Crippen MR) is 75.2 cm³/mol. The molecular weight excluding hydrogens is 331 g/mol. The number of nitro benzene ring substituents is 1. The maximum absolute atomic E-state index is 13.8. The fourth-order valence-corrected chi connectivity index (χ4v) is 1.94. The van der Waals surface area contributed by atoms with Crippen molar-refractivity contribution < 1.29 is 14.1 Å². The van der Waals surface area contributed by atoms with E-state index in [0.29, 0.717) is 10.0 Å². The fraction of sp³-hybridized carbons (Fsp3) is 0.0769. The van der Waals surface area contributed by atoms with Crippen LogP contribution in [-0.2, 0) is 6.54 Å². The zero-order valence-corrected chi connectivity index (χ0v) is 11.8. The van der Waals surface area contributed by atoms with Gasteiger partial charge in [-0.1, -0.05) is 22.0 Å². The highest BCUT2D eigenvalue weighted by Crippen LogP contribution is 2.34. The van der Waals surface area contributed by atoms with Gasteiger partial charge in [-0.3, -0.25) is 10.1 Å². The van der Waals surface area contributed by atoms with Gasteiger partial charge in [0.2, 0.25) is 5.75 Å². The Labute approximate surface area is 122 Å². The van der Waals surface area contributed by atoms with Gasteiger partial charge < -0.3 is 10.5 Å². The molecular formula is C13H10BrFN2O3. The molecule has 0 aromatic heterocycles. The van der Waals surface area contributed by atoms with E-state index in [1.165, 1.54) is 24.3 Å². The van der Waals surface area contributed by atoms with Crippen LogP contribution in [0.5, 0.6) is 11.5 Å². The highest BCUT2D eigenvalue weighted by Gasteiger charge is 2.17. The molecule has 0 saturated heterocycles. The molecule has 0 aliphatic rings. The molecule has 0 aliphatic heterocycles. The smallest absolute Gasteiger partial charge is 0.312 e. The fourth-order valence-electron chi connectivity index (χ4n) is 1.59. The number of rotatable bonds is 4. The van der Waals surface area contributed by atoms with Crippen LogP contribution in [-0.4, -0.2) is 4.92 Å². The first-order valence-corrected chi connectivity index (χ1v) is 6.41. The largest absolute Gasteiger partial charge is 0.447 e. The van der Waals surface area contributed by atoms with E-state index in [-0.39, 0.29) is 23.7 Å². The maximum atomic E-state index is 13.8. The van der Waals surface area contributed by atoms with Crippen LogP contribution in [0.2, 0.25) is 0 Å². The monoisotopic (exact) mass is 340 g/mol. The highest BCUT2D eigenvalue weighted by molar-refractivity contribution is 9.10. The molecule has 20 heavy (non-hydrogen) atoms. The third-order valence-corrected chi connectivity index (χ3v) is 3.06. The molecule has 0 aliphatic carbocycles. The number of ether oxygens (including phenoxy) is 1. The molecule has 0 saturated carbocycles. The van der Waals surface area contributed by atoms with Gasteiger partial charge in [-0.05, 0) is 29.8 Å². The lowest BCUT2D eigenvalue weighted by atomic mass is 10.2. The van der Waals surface area contributed by atoms with Crippen LogP contribution in [0.25, 0.3) is 0 Å². The van der Waals surface area contributed by atoms with Crippen LogP contribution in [0.15, 0.2) is 40.9 Å². The summed E-state index contributed by atoms with van der Waals surface area (Å²) in [5.74, 6) is -0.740. The van der Waals surface area contributed by atoms with Crippen LogP contribution in [0.4, 0.5) is 10.1 Å². The third kappa shape index (κ3) is 3.12. The second-order valence-corrected chi connectivity index (χ2v) is 4.86. The van der Waals surface area contributed by atoms with E-state index in [0.717, 1.165) is 0 Å². The van der Waals surface area contributed by atoms with Gasteiger partial charge >= 0.3 is 5.69 Å². The molecule has 0 bridgehead atoms. The number of benzene rings is 2. The standard InChI is InChI=1S/C13H10BrFN2O3/c14-9-2-4-13(11(6-9)17(18)19)20-12-3-1-8(7-16)5-10(12)15/h1-6H,7,16H2. The summed E-state index contributed by atoms with van der Waals surface area (Å²) in [4.78, 5) is 10.4. The quantitative estimate of drug-likeness (QED) is 0.679. The van der Waals surface area contributed by atoms with Crippen molar-refractivity contribution in [3.63, 3.8) is 0 Å². The van der Waals surface area contributed by atoms with Crippen molar-refractivity contribution in [3.8, 4) is 11.5 Å². The van der Waals surface area contributed by atoms with Crippen molar-refractivity contribution in [1.29, 1.82) is 0 Å². The molecule has 7 heteroatoms.